The lowest BCUT2D eigenvalue weighted by atomic mass is 10.1. The third-order valence-electron chi connectivity index (χ3n) is 3.44. The van der Waals surface area contributed by atoms with Crippen LogP contribution in [0.5, 0.6) is 0 Å². The summed E-state index contributed by atoms with van der Waals surface area (Å²) in [7, 11) is 0. The summed E-state index contributed by atoms with van der Waals surface area (Å²) in [5, 5.41) is 8.51. The second kappa shape index (κ2) is 16.0. The molecule has 0 amide bonds. The molecule has 0 aliphatic carbocycles. The van der Waals surface area contributed by atoms with Gasteiger partial charge in [-0.15, -0.1) is 0 Å². The number of hydrogen-bond donors (Lipinski definition) is 1. The number of aliphatic carboxylic acids is 1. The molecule has 2 nitrogen and oxygen atoms in total. The number of rotatable bonds is 14. The van der Waals surface area contributed by atoms with Crippen molar-refractivity contribution in [2.24, 2.45) is 0 Å². The van der Waals surface area contributed by atoms with Crippen molar-refractivity contribution in [2.75, 3.05) is 0 Å². The second-order valence-electron chi connectivity index (χ2n) is 5.39. The predicted octanol–water partition coefficient (Wildman–Crippen LogP) is 5.88. The van der Waals surface area contributed by atoms with Gasteiger partial charge in [0.15, 0.2) is 0 Å². The Morgan fingerprint density at radius 3 is 1.90 bits per heavy atom. The van der Waals surface area contributed by atoms with E-state index in [4.69, 9.17) is 5.11 Å². The summed E-state index contributed by atoms with van der Waals surface area (Å²) in [5.41, 5.74) is 0. The standard InChI is InChI=1S/C18H32O2/c1-2-3-4-5-6-7-8-9-10-11-12-13-14-15-16-17-18(19)20/h2-3,5-6H,4,7-17H2,1H3,(H,19,20)/b3-2-,6-5-. The number of carboxylic acids is 1. The Hall–Kier alpha value is -1.05. The van der Waals surface area contributed by atoms with Crippen LogP contribution in [0.3, 0.4) is 0 Å². The molecular weight excluding hydrogens is 248 g/mol. The normalized spacial score (nSPS) is 11.7. The molecule has 0 spiro atoms. The van der Waals surface area contributed by atoms with E-state index in [1.165, 1.54) is 51.4 Å². The third kappa shape index (κ3) is 16.9. The Morgan fingerprint density at radius 1 is 0.800 bits per heavy atom. The van der Waals surface area contributed by atoms with Gasteiger partial charge in [0.25, 0.3) is 0 Å². The van der Waals surface area contributed by atoms with Crippen molar-refractivity contribution in [1.82, 2.24) is 0 Å². The molecule has 0 atom stereocenters. The summed E-state index contributed by atoms with van der Waals surface area (Å²) in [6, 6.07) is 0. The van der Waals surface area contributed by atoms with Gasteiger partial charge in [0, 0.05) is 6.42 Å². The Balaban J connectivity index is 3.06. The van der Waals surface area contributed by atoms with Crippen LogP contribution in [0.2, 0.25) is 0 Å². The first-order valence-corrected chi connectivity index (χ1v) is 8.25. The van der Waals surface area contributed by atoms with E-state index in [2.05, 4.69) is 31.2 Å². The highest BCUT2D eigenvalue weighted by Crippen LogP contribution is 2.11. The first-order valence-electron chi connectivity index (χ1n) is 8.25. The molecule has 116 valence electrons. The fraction of sp³-hybridized carbons (Fsp3) is 0.722. The zero-order valence-electron chi connectivity index (χ0n) is 13.2. The van der Waals surface area contributed by atoms with Crippen LogP contribution < -0.4 is 0 Å². The van der Waals surface area contributed by atoms with Gasteiger partial charge in [-0.1, -0.05) is 69.2 Å². The van der Waals surface area contributed by atoms with E-state index in [1.54, 1.807) is 0 Å². The lowest BCUT2D eigenvalue weighted by Gasteiger charge is -2.01. The van der Waals surface area contributed by atoms with E-state index in [-0.39, 0.29) is 0 Å². The summed E-state index contributed by atoms with van der Waals surface area (Å²) in [4.78, 5) is 10.3. The maximum atomic E-state index is 10.3. The zero-order valence-corrected chi connectivity index (χ0v) is 13.2. The van der Waals surface area contributed by atoms with Gasteiger partial charge in [0.1, 0.15) is 0 Å². The predicted molar refractivity (Wildman–Crippen MR) is 87.0 cm³/mol. The van der Waals surface area contributed by atoms with Crippen LogP contribution in [0, 0.1) is 0 Å². The van der Waals surface area contributed by atoms with Crippen LogP contribution in [0.15, 0.2) is 24.3 Å². The topological polar surface area (TPSA) is 37.3 Å². The zero-order chi connectivity index (χ0) is 14.9. The molecule has 1 N–H and O–H groups in total. The fourth-order valence-electron chi connectivity index (χ4n) is 2.20. The van der Waals surface area contributed by atoms with E-state index in [0.29, 0.717) is 6.42 Å². The van der Waals surface area contributed by atoms with E-state index in [9.17, 15) is 4.79 Å². The van der Waals surface area contributed by atoms with Crippen molar-refractivity contribution in [3.8, 4) is 0 Å². The number of carboxylic acid groups (broad SMARTS) is 1. The first-order chi connectivity index (χ1) is 9.77. The average molecular weight is 280 g/mol. The molecular formula is C18H32O2. The molecule has 0 heterocycles. The number of allylic oxidation sites excluding steroid dienone is 4. The number of unbranched alkanes of at least 4 members (excludes halogenated alkanes) is 9. The summed E-state index contributed by atoms with van der Waals surface area (Å²) >= 11 is 0. The molecule has 0 aliphatic rings. The van der Waals surface area contributed by atoms with Gasteiger partial charge in [-0.25, -0.2) is 0 Å². The second-order valence-corrected chi connectivity index (χ2v) is 5.39. The molecule has 0 saturated heterocycles. The van der Waals surface area contributed by atoms with Gasteiger partial charge in [-0.05, 0) is 32.6 Å². The van der Waals surface area contributed by atoms with Crippen LogP contribution in [0.1, 0.15) is 84.0 Å². The third-order valence-corrected chi connectivity index (χ3v) is 3.44. The van der Waals surface area contributed by atoms with E-state index >= 15 is 0 Å². The van der Waals surface area contributed by atoms with Gasteiger partial charge < -0.3 is 5.11 Å². The largest absolute Gasteiger partial charge is 0.481 e. The summed E-state index contributed by atoms with van der Waals surface area (Å²) in [5.74, 6) is -0.662. The minimum atomic E-state index is -0.662. The molecule has 20 heavy (non-hydrogen) atoms. The first kappa shape index (κ1) is 18.9. The average Bonchev–Trinajstić information content (AvgIpc) is 2.43. The Labute approximate surface area is 125 Å². The highest BCUT2D eigenvalue weighted by atomic mass is 16.4. The molecule has 0 bridgehead atoms. The number of hydrogen-bond acceptors (Lipinski definition) is 1. The molecule has 0 aromatic heterocycles. The maximum absolute atomic E-state index is 10.3. The van der Waals surface area contributed by atoms with Gasteiger partial charge in [-0.3, -0.25) is 4.79 Å². The molecule has 0 unspecified atom stereocenters. The van der Waals surface area contributed by atoms with Gasteiger partial charge in [0.05, 0.1) is 0 Å². The van der Waals surface area contributed by atoms with E-state index in [1.807, 2.05) is 0 Å². The fourth-order valence-corrected chi connectivity index (χ4v) is 2.20. The van der Waals surface area contributed by atoms with Crippen LogP contribution in [-0.2, 0) is 4.79 Å². The van der Waals surface area contributed by atoms with Crippen molar-refractivity contribution in [2.45, 2.75) is 84.0 Å². The summed E-state index contributed by atoms with van der Waals surface area (Å²) in [6.07, 6.45) is 22.4. The highest BCUT2D eigenvalue weighted by molar-refractivity contribution is 5.66. The molecule has 0 aliphatic heterocycles. The monoisotopic (exact) mass is 280 g/mol. The van der Waals surface area contributed by atoms with Gasteiger partial charge in [-0.2, -0.15) is 0 Å². The van der Waals surface area contributed by atoms with Crippen molar-refractivity contribution < 1.29 is 9.90 Å². The van der Waals surface area contributed by atoms with Crippen LogP contribution in [0.4, 0.5) is 0 Å². The Morgan fingerprint density at radius 2 is 1.35 bits per heavy atom. The van der Waals surface area contributed by atoms with E-state index < -0.39 is 5.97 Å². The molecule has 0 aromatic rings. The maximum Gasteiger partial charge on any atom is 0.303 e. The minimum Gasteiger partial charge on any atom is -0.481 e. The molecule has 0 radical (unpaired) electrons. The molecule has 2 heteroatoms. The Bertz CT molecular complexity index is 267. The molecule has 0 aromatic carbocycles. The smallest absolute Gasteiger partial charge is 0.303 e. The minimum absolute atomic E-state index is 0.335. The number of carbonyl (C=O) groups is 1. The van der Waals surface area contributed by atoms with Crippen LogP contribution in [-0.4, -0.2) is 11.1 Å². The highest BCUT2D eigenvalue weighted by Gasteiger charge is 1.96. The van der Waals surface area contributed by atoms with Crippen LogP contribution >= 0.6 is 0 Å². The Kier molecular flexibility index (Phi) is 15.2. The quantitative estimate of drug-likeness (QED) is 0.318. The summed E-state index contributed by atoms with van der Waals surface area (Å²) in [6.45, 7) is 2.06. The summed E-state index contributed by atoms with van der Waals surface area (Å²) < 4.78 is 0. The van der Waals surface area contributed by atoms with Crippen LogP contribution in [0.25, 0.3) is 0 Å². The molecule has 0 saturated carbocycles. The molecule has 0 fully saturated rings. The van der Waals surface area contributed by atoms with Crippen molar-refractivity contribution in [3.05, 3.63) is 24.3 Å². The van der Waals surface area contributed by atoms with E-state index in [0.717, 1.165) is 19.3 Å². The van der Waals surface area contributed by atoms with Gasteiger partial charge in [0.2, 0.25) is 0 Å². The lowest BCUT2D eigenvalue weighted by molar-refractivity contribution is -0.137. The van der Waals surface area contributed by atoms with Crippen molar-refractivity contribution in [3.63, 3.8) is 0 Å². The molecule has 0 rings (SSSR count). The SMILES string of the molecule is C/C=C\C/C=C\CCCCCCCCCCCC(=O)O. The van der Waals surface area contributed by atoms with Gasteiger partial charge >= 0.3 is 5.97 Å². The van der Waals surface area contributed by atoms with Crippen molar-refractivity contribution >= 4 is 5.97 Å². The van der Waals surface area contributed by atoms with Crippen molar-refractivity contribution in [1.29, 1.82) is 0 Å². The lowest BCUT2D eigenvalue weighted by Crippen LogP contribution is -1.93.